The summed E-state index contributed by atoms with van der Waals surface area (Å²) in [5.74, 6) is 0.0917. The fraction of sp³-hybridized carbons (Fsp3) is 0.600. The van der Waals surface area contributed by atoms with Crippen LogP contribution in [0.2, 0.25) is 0 Å². The van der Waals surface area contributed by atoms with Gasteiger partial charge < -0.3 is 20.4 Å². The van der Waals surface area contributed by atoms with Crippen LogP contribution < -0.4 is 40.0 Å². The molecule has 1 aromatic rings. The van der Waals surface area contributed by atoms with E-state index in [4.69, 9.17) is 0 Å². The van der Waals surface area contributed by atoms with Gasteiger partial charge in [-0.3, -0.25) is 0 Å². The van der Waals surface area contributed by atoms with Gasteiger partial charge in [-0.1, -0.05) is 12.2 Å². The smallest absolute Gasteiger partial charge is 0.872 e. The number of hydrogen-bond acceptors (Lipinski definition) is 4. The molecule has 0 amide bonds. The SMILES string of the molecule is [Na+].[O-]c1c(I)cc(I)cc1CNCC(O)CN1CCCCC1. The summed E-state index contributed by atoms with van der Waals surface area (Å²) in [5.41, 5.74) is 0.775. The Morgan fingerprint density at radius 1 is 1.23 bits per heavy atom. The van der Waals surface area contributed by atoms with Gasteiger partial charge in [-0.15, -0.1) is 0 Å². The van der Waals surface area contributed by atoms with E-state index in [1.807, 2.05) is 12.1 Å². The maximum absolute atomic E-state index is 12.0. The Morgan fingerprint density at radius 3 is 2.59 bits per heavy atom. The number of hydrogen-bond donors (Lipinski definition) is 2. The monoisotopic (exact) mass is 538 g/mol. The average Bonchev–Trinajstić information content (AvgIpc) is 2.45. The quantitative estimate of drug-likeness (QED) is 0.358. The number of nitrogens with zero attached hydrogens (tertiary/aromatic N) is 1. The fourth-order valence-electron chi connectivity index (χ4n) is 2.62. The van der Waals surface area contributed by atoms with E-state index in [1.165, 1.54) is 19.3 Å². The molecular weight excluding hydrogens is 517 g/mol. The van der Waals surface area contributed by atoms with Crippen molar-refractivity contribution in [3.8, 4) is 5.75 Å². The van der Waals surface area contributed by atoms with Gasteiger partial charge in [-0.05, 0) is 88.8 Å². The summed E-state index contributed by atoms with van der Waals surface area (Å²) in [6.45, 7) is 3.95. The van der Waals surface area contributed by atoms with E-state index in [-0.39, 0.29) is 41.4 Å². The van der Waals surface area contributed by atoms with Gasteiger partial charge in [0.05, 0.1) is 6.10 Å². The van der Waals surface area contributed by atoms with Crippen molar-refractivity contribution in [2.75, 3.05) is 26.2 Å². The van der Waals surface area contributed by atoms with E-state index in [0.717, 1.165) is 32.3 Å². The number of piperidine rings is 1. The first-order valence-corrected chi connectivity index (χ1v) is 9.48. The third-order valence-corrected chi connectivity index (χ3v) is 5.12. The molecular formula is C15H21I2N2NaO2. The Hall–Kier alpha value is 1.36. The third-order valence-electron chi connectivity index (χ3n) is 3.70. The molecule has 1 fully saturated rings. The third kappa shape index (κ3) is 7.08. The molecule has 1 unspecified atom stereocenters. The van der Waals surface area contributed by atoms with Gasteiger partial charge in [-0.25, -0.2) is 0 Å². The molecule has 0 saturated carbocycles. The Morgan fingerprint density at radius 2 is 1.91 bits per heavy atom. The molecule has 0 aliphatic carbocycles. The molecule has 0 spiro atoms. The van der Waals surface area contributed by atoms with E-state index in [0.29, 0.717) is 13.1 Å². The topological polar surface area (TPSA) is 58.6 Å². The number of halogens is 2. The molecule has 4 nitrogen and oxygen atoms in total. The van der Waals surface area contributed by atoms with Gasteiger partial charge >= 0.3 is 29.6 Å². The molecule has 1 aromatic carbocycles. The minimum absolute atomic E-state index is 0. The summed E-state index contributed by atoms with van der Waals surface area (Å²) in [4.78, 5) is 2.32. The van der Waals surface area contributed by atoms with Gasteiger partial charge in [0, 0.05) is 26.8 Å². The van der Waals surface area contributed by atoms with Gasteiger partial charge in [0.1, 0.15) is 0 Å². The predicted molar refractivity (Wildman–Crippen MR) is 99.3 cm³/mol. The normalized spacial score (nSPS) is 17.0. The number of rotatable bonds is 6. The zero-order chi connectivity index (χ0) is 15.2. The first kappa shape index (κ1) is 21.4. The molecule has 1 aliphatic rings. The summed E-state index contributed by atoms with van der Waals surface area (Å²) in [6.07, 6.45) is 3.41. The second-order valence-corrected chi connectivity index (χ2v) is 7.93. The maximum Gasteiger partial charge on any atom is 1.00 e. The Bertz CT molecular complexity index is 471. The number of likely N-dealkylation sites (tertiary alicyclic amines) is 1. The summed E-state index contributed by atoms with van der Waals surface area (Å²) in [5, 5.41) is 25.3. The minimum atomic E-state index is -0.375. The van der Waals surface area contributed by atoms with Gasteiger partial charge in [-0.2, -0.15) is 0 Å². The van der Waals surface area contributed by atoms with Crippen LogP contribution in [-0.4, -0.2) is 42.3 Å². The van der Waals surface area contributed by atoms with Crippen molar-refractivity contribution in [3.05, 3.63) is 24.8 Å². The van der Waals surface area contributed by atoms with E-state index < -0.39 is 0 Å². The molecule has 7 heteroatoms. The second kappa shape index (κ2) is 11.1. The predicted octanol–water partition coefficient (Wildman–Crippen LogP) is -1.09. The number of benzene rings is 1. The fourth-order valence-corrected chi connectivity index (χ4v) is 4.59. The molecule has 1 saturated heterocycles. The maximum atomic E-state index is 12.0. The second-order valence-electron chi connectivity index (χ2n) is 5.52. The molecule has 2 N–H and O–H groups in total. The van der Waals surface area contributed by atoms with Crippen molar-refractivity contribution in [1.82, 2.24) is 10.2 Å². The van der Waals surface area contributed by atoms with Crippen LogP contribution in [0.25, 0.3) is 0 Å². The van der Waals surface area contributed by atoms with Crippen LogP contribution in [0, 0.1) is 7.14 Å². The zero-order valence-electron chi connectivity index (χ0n) is 12.9. The van der Waals surface area contributed by atoms with E-state index in [1.54, 1.807) is 0 Å². The standard InChI is InChI=1S/C15H22I2N2O2.Na/c16-12-6-11(15(21)14(17)7-12)8-18-9-13(20)10-19-4-2-1-3-5-19;/h6-7,13,18,20-21H,1-5,8-10H2;/q;+1/p-1. The van der Waals surface area contributed by atoms with E-state index in [2.05, 4.69) is 55.4 Å². The number of nitrogens with one attached hydrogen (secondary N) is 1. The van der Waals surface area contributed by atoms with E-state index in [9.17, 15) is 10.2 Å². The summed E-state index contributed by atoms with van der Waals surface area (Å²) in [7, 11) is 0. The summed E-state index contributed by atoms with van der Waals surface area (Å²) in [6, 6.07) is 3.80. The Labute approximate surface area is 182 Å². The first-order valence-electron chi connectivity index (χ1n) is 7.32. The molecule has 118 valence electrons. The summed E-state index contributed by atoms with van der Waals surface area (Å²) >= 11 is 4.30. The number of aliphatic hydroxyl groups is 1. The van der Waals surface area contributed by atoms with Crippen molar-refractivity contribution >= 4 is 45.2 Å². The van der Waals surface area contributed by atoms with E-state index >= 15 is 0 Å². The molecule has 0 radical (unpaired) electrons. The van der Waals surface area contributed by atoms with Crippen molar-refractivity contribution in [2.24, 2.45) is 0 Å². The van der Waals surface area contributed by atoms with Crippen LogP contribution in [0.3, 0.4) is 0 Å². The van der Waals surface area contributed by atoms with Crippen LogP contribution in [0.5, 0.6) is 5.75 Å². The molecule has 0 aromatic heterocycles. The zero-order valence-corrected chi connectivity index (χ0v) is 19.3. The number of β-amino-alcohol motifs (C(OH)–C–C–N with tert-alkyl or cyclic N) is 1. The summed E-state index contributed by atoms with van der Waals surface area (Å²) < 4.78 is 1.83. The van der Waals surface area contributed by atoms with Crippen LogP contribution >= 0.6 is 45.2 Å². The van der Waals surface area contributed by atoms with Crippen molar-refractivity contribution in [3.63, 3.8) is 0 Å². The largest absolute Gasteiger partial charge is 1.00 e. The van der Waals surface area contributed by atoms with Crippen molar-refractivity contribution < 1.29 is 39.8 Å². The van der Waals surface area contributed by atoms with Crippen molar-refractivity contribution in [1.29, 1.82) is 0 Å². The number of aliphatic hydroxyl groups excluding tert-OH is 1. The van der Waals surface area contributed by atoms with Crippen molar-refractivity contribution in [2.45, 2.75) is 31.9 Å². The molecule has 2 rings (SSSR count). The molecule has 1 atom stereocenters. The molecule has 22 heavy (non-hydrogen) atoms. The average molecular weight is 538 g/mol. The van der Waals surface area contributed by atoms with Crippen LogP contribution in [-0.2, 0) is 6.54 Å². The molecule has 1 aliphatic heterocycles. The first-order chi connectivity index (χ1) is 10.1. The van der Waals surface area contributed by atoms with Gasteiger partial charge in [0.25, 0.3) is 0 Å². The minimum Gasteiger partial charge on any atom is -0.872 e. The molecule has 1 heterocycles. The van der Waals surface area contributed by atoms with Crippen LogP contribution in [0.4, 0.5) is 0 Å². The Kier molecular flexibility index (Phi) is 10.8. The van der Waals surface area contributed by atoms with Gasteiger partial charge in [0.15, 0.2) is 0 Å². The van der Waals surface area contributed by atoms with Crippen LogP contribution in [0.15, 0.2) is 12.1 Å². The Balaban J connectivity index is 0.00000242. The van der Waals surface area contributed by atoms with Gasteiger partial charge in [0.2, 0.25) is 0 Å². The molecule has 0 bridgehead atoms. The van der Waals surface area contributed by atoms with Crippen LogP contribution in [0.1, 0.15) is 24.8 Å².